The maximum absolute atomic E-state index is 3.74. The van der Waals surface area contributed by atoms with Gasteiger partial charge in [-0.25, -0.2) is 0 Å². The van der Waals surface area contributed by atoms with Gasteiger partial charge in [-0.1, -0.05) is 20.8 Å². The Morgan fingerprint density at radius 1 is 1.37 bits per heavy atom. The molecular formula is C16H32N2S. The standard InChI is InChI=1S/C16H32N2S/c1-5-17-15-6-7-16(3,4)10-14(15)11-18-8-9-19-12-13(18)2/h13-15,17H,5-12H2,1-4H3. The van der Waals surface area contributed by atoms with Crippen LogP contribution in [0.25, 0.3) is 0 Å². The normalized spacial score (nSPS) is 36.3. The molecule has 0 bridgehead atoms. The van der Waals surface area contributed by atoms with E-state index in [1.807, 2.05) is 0 Å². The van der Waals surface area contributed by atoms with E-state index >= 15 is 0 Å². The fourth-order valence-electron chi connectivity index (χ4n) is 3.79. The Bertz CT molecular complexity index is 280. The van der Waals surface area contributed by atoms with E-state index in [0.29, 0.717) is 5.41 Å². The lowest BCUT2D eigenvalue weighted by Gasteiger charge is -2.45. The van der Waals surface area contributed by atoms with Crippen molar-refractivity contribution in [3.63, 3.8) is 0 Å². The van der Waals surface area contributed by atoms with Crippen molar-refractivity contribution < 1.29 is 0 Å². The molecule has 1 saturated heterocycles. The molecule has 0 aromatic carbocycles. The third-order valence-corrected chi connectivity index (χ3v) is 6.15. The van der Waals surface area contributed by atoms with Crippen molar-refractivity contribution in [2.45, 2.75) is 59.0 Å². The molecule has 1 heterocycles. The second-order valence-electron chi connectivity index (χ2n) is 7.25. The molecule has 1 N–H and O–H groups in total. The molecule has 0 spiro atoms. The predicted octanol–water partition coefficient (Wildman–Crippen LogP) is 3.23. The Kier molecular flexibility index (Phi) is 5.62. The van der Waals surface area contributed by atoms with Gasteiger partial charge >= 0.3 is 0 Å². The summed E-state index contributed by atoms with van der Waals surface area (Å²) in [6.07, 6.45) is 4.13. The zero-order chi connectivity index (χ0) is 13.9. The summed E-state index contributed by atoms with van der Waals surface area (Å²) < 4.78 is 0. The lowest BCUT2D eigenvalue weighted by atomic mass is 9.69. The van der Waals surface area contributed by atoms with Crippen molar-refractivity contribution in [3.8, 4) is 0 Å². The van der Waals surface area contributed by atoms with Crippen LogP contribution in [0.4, 0.5) is 0 Å². The van der Waals surface area contributed by atoms with Gasteiger partial charge in [-0.05, 0) is 44.1 Å². The molecule has 0 aromatic heterocycles. The second-order valence-corrected chi connectivity index (χ2v) is 8.40. The molecule has 1 aliphatic carbocycles. The van der Waals surface area contributed by atoms with Crippen molar-refractivity contribution in [2.75, 3.05) is 31.1 Å². The second kappa shape index (κ2) is 6.82. The molecule has 3 heteroatoms. The van der Waals surface area contributed by atoms with Crippen molar-refractivity contribution in [3.05, 3.63) is 0 Å². The number of thioether (sulfide) groups is 1. The van der Waals surface area contributed by atoms with E-state index in [1.165, 1.54) is 43.9 Å². The van der Waals surface area contributed by atoms with E-state index in [-0.39, 0.29) is 0 Å². The van der Waals surface area contributed by atoms with Crippen LogP contribution in [-0.4, -0.2) is 48.1 Å². The van der Waals surface area contributed by atoms with E-state index in [2.05, 4.69) is 49.7 Å². The van der Waals surface area contributed by atoms with Gasteiger partial charge in [-0.2, -0.15) is 11.8 Å². The molecule has 2 fully saturated rings. The van der Waals surface area contributed by atoms with Gasteiger partial charge in [0, 0.05) is 36.7 Å². The summed E-state index contributed by atoms with van der Waals surface area (Å²) >= 11 is 2.12. The van der Waals surface area contributed by atoms with Gasteiger partial charge < -0.3 is 5.32 Å². The quantitative estimate of drug-likeness (QED) is 0.853. The summed E-state index contributed by atoms with van der Waals surface area (Å²) in [6.45, 7) is 13.3. The highest BCUT2D eigenvalue weighted by Gasteiger charge is 2.36. The van der Waals surface area contributed by atoms with E-state index in [0.717, 1.165) is 24.5 Å². The van der Waals surface area contributed by atoms with E-state index < -0.39 is 0 Å². The van der Waals surface area contributed by atoms with Gasteiger partial charge in [-0.15, -0.1) is 0 Å². The van der Waals surface area contributed by atoms with Crippen LogP contribution >= 0.6 is 11.8 Å². The molecule has 2 nitrogen and oxygen atoms in total. The minimum Gasteiger partial charge on any atom is -0.314 e. The zero-order valence-electron chi connectivity index (χ0n) is 13.2. The van der Waals surface area contributed by atoms with E-state index in [1.54, 1.807) is 0 Å². The van der Waals surface area contributed by atoms with Crippen LogP contribution in [0.1, 0.15) is 47.0 Å². The van der Waals surface area contributed by atoms with E-state index in [9.17, 15) is 0 Å². The first-order valence-corrected chi connectivity index (χ1v) is 9.22. The molecule has 3 atom stereocenters. The van der Waals surface area contributed by atoms with Crippen molar-refractivity contribution in [1.82, 2.24) is 10.2 Å². The molecule has 1 aliphatic heterocycles. The average molecular weight is 285 g/mol. The Morgan fingerprint density at radius 2 is 2.16 bits per heavy atom. The largest absolute Gasteiger partial charge is 0.314 e. The first-order valence-electron chi connectivity index (χ1n) is 8.07. The summed E-state index contributed by atoms with van der Waals surface area (Å²) in [5.74, 6) is 3.49. The van der Waals surface area contributed by atoms with Gasteiger partial charge in [0.2, 0.25) is 0 Å². The fraction of sp³-hybridized carbons (Fsp3) is 1.00. The smallest absolute Gasteiger partial charge is 0.0158 e. The van der Waals surface area contributed by atoms with Crippen LogP contribution in [0.5, 0.6) is 0 Å². The first kappa shape index (κ1) is 15.7. The highest BCUT2D eigenvalue weighted by atomic mass is 32.2. The number of hydrogen-bond donors (Lipinski definition) is 1. The minimum absolute atomic E-state index is 0.546. The van der Waals surface area contributed by atoms with Crippen LogP contribution in [0.2, 0.25) is 0 Å². The van der Waals surface area contributed by atoms with Gasteiger partial charge in [0.1, 0.15) is 0 Å². The molecule has 0 radical (unpaired) electrons. The Hall–Kier alpha value is 0.270. The zero-order valence-corrected chi connectivity index (χ0v) is 14.1. The van der Waals surface area contributed by atoms with Gasteiger partial charge in [0.05, 0.1) is 0 Å². The molecule has 0 amide bonds. The molecule has 1 saturated carbocycles. The highest BCUT2D eigenvalue weighted by molar-refractivity contribution is 7.99. The third-order valence-electron chi connectivity index (χ3n) is 4.96. The lowest BCUT2D eigenvalue weighted by Crippen LogP contribution is -2.50. The number of rotatable bonds is 4. The highest BCUT2D eigenvalue weighted by Crippen LogP contribution is 2.39. The number of nitrogens with one attached hydrogen (secondary N) is 1. The fourth-order valence-corrected chi connectivity index (χ4v) is 4.87. The Balaban J connectivity index is 1.96. The first-order chi connectivity index (χ1) is 9.02. The topological polar surface area (TPSA) is 15.3 Å². The van der Waals surface area contributed by atoms with Gasteiger partial charge in [-0.3, -0.25) is 4.90 Å². The van der Waals surface area contributed by atoms with Gasteiger partial charge in [0.15, 0.2) is 0 Å². The Labute approximate surface area is 124 Å². The summed E-state index contributed by atoms with van der Waals surface area (Å²) in [5.41, 5.74) is 0.546. The molecular weight excluding hydrogens is 252 g/mol. The van der Waals surface area contributed by atoms with Crippen LogP contribution in [0.3, 0.4) is 0 Å². The van der Waals surface area contributed by atoms with Gasteiger partial charge in [0.25, 0.3) is 0 Å². The van der Waals surface area contributed by atoms with Crippen LogP contribution in [-0.2, 0) is 0 Å². The van der Waals surface area contributed by atoms with Crippen molar-refractivity contribution in [2.24, 2.45) is 11.3 Å². The summed E-state index contributed by atoms with van der Waals surface area (Å²) in [7, 11) is 0. The predicted molar refractivity (Wildman–Crippen MR) is 86.9 cm³/mol. The van der Waals surface area contributed by atoms with Crippen molar-refractivity contribution in [1.29, 1.82) is 0 Å². The van der Waals surface area contributed by atoms with E-state index in [4.69, 9.17) is 0 Å². The van der Waals surface area contributed by atoms with Crippen LogP contribution in [0.15, 0.2) is 0 Å². The third kappa shape index (κ3) is 4.37. The molecule has 0 aromatic rings. The summed E-state index contributed by atoms with van der Waals surface area (Å²) in [6, 6.07) is 1.52. The number of nitrogens with zero attached hydrogens (tertiary/aromatic N) is 1. The van der Waals surface area contributed by atoms with Crippen LogP contribution < -0.4 is 5.32 Å². The molecule has 19 heavy (non-hydrogen) atoms. The molecule has 2 rings (SSSR count). The van der Waals surface area contributed by atoms with Crippen LogP contribution in [0, 0.1) is 11.3 Å². The average Bonchev–Trinajstić information content (AvgIpc) is 2.35. The lowest BCUT2D eigenvalue weighted by molar-refractivity contribution is 0.0906. The monoisotopic (exact) mass is 284 g/mol. The van der Waals surface area contributed by atoms with Crippen molar-refractivity contribution >= 4 is 11.8 Å². The minimum atomic E-state index is 0.546. The summed E-state index contributed by atoms with van der Waals surface area (Å²) in [5, 5.41) is 3.74. The molecule has 3 unspecified atom stereocenters. The maximum Gasteiger partial charge on any atom is 0.0158 e. The number of hydrogen-bond acceptors (Lipinski definition) is 3. The molecule has 2 aliphatic rings. The Morgan fingerprint density at radius 3 is 2.84 bits per heavy atom. The molecule has 112 valence electrons. The summed E-state index contributed by atoms with van der Waals surface area (Å²) in [4.78, 5) is 2.74. The maximum atomic E-state index is 3.74. The SMILES string of the molecule is CCNC1CCC(C)(C)CC1CN1CCSCC1C.